The minimum Gasteiger partial charge on any atom is -0.317 e. The van der Waals surface area contributed by atoms with E-state index in [9.17, 15) is 8.78 Å². The molecule has 18 heavy (non-hydrogen) atoms. The number of halogens is 2. The average molecular weight is 251 g/mol. The molecule has 2 aliphatic rings. The third kappa shape index (κ3) is 2.28. The summed E-state index contributed by atoms with van der Waals surface area (Å²) in [4.78, 5) is 0. The van der Waals surface area contributed by atoms with Crippen molar-refractivity contribution in [3.8, 4) is 0 Å². The maximum atomic E-state index is 14.1. The molecule has 0 unspecified atom stereocenters. The average Bonchev–Trinajstić information content (AvgIpc) is 3.25. The van der Waals surface area contributed by atoms with Crippen molar-refractivity contribution in [3.63, 3.8) is 0 Å². The van der Waals surface area contributed by atoms with Gasteiger partial charge in [-0.25, -0.2) is 8.78 Å². The van der Waals surface area contributed by atoms with E-state index in [0.29, 0.717) is 18.8 Å². The maximum absolute atomic E-state index is 14.1. The maximum Gasteiger partial charge on any atom is 0.276 e. The van der Waals surface area contributed by atoms with E-state index in [0.717, 1.165) is 31.5 Å². The Morgan fingerprint density at radius 1 is 1.06 bits per heavy atom. The Labute approximate surface area is 107 Å². The number of benzene rings is 1. The molecule has 1 nitrogen and oxygen atoms in total. The molecular formula is C15H19F2N. The quantitative estimate of drug-likeness (QED) is 0.864. The van der Waals surface area contributed by atoms with Crippen molar-refractivity contribution in [2.45, 2.75) is 37.5 Å². The molecule has 1 heterocycles. The van der Waals surface area contributed by atoms with E-state index in [-0.39, 0.29) is 5.56 Å². The lowest BCUT2D eigenvalue weighted by Gasteiger charge is -2.24. The third-order valence-corrected chi connectivity index (χ3v) is 4.17. The Hall–Kier alpha value is -0.960. The van der Waals surface area contributed by atoms with Crippen molar-refractivity contribution >= 4 is 0 Å². The Morgan fingerprint density at radius 2 is 1.78 bits per heavy atom. The van der Waals surface area contributed by atoms with Crippen LogP contribution in [-0.4, -0.2) is 13.1 Å². The van der Waals surface area contributed by atoms with Crippen LogP contribution < -0.4 is 5.32 Å². The summed E-state index contributed by atoms with van der Waals surface area (Å²) in [6.45, 7) is 1.99. The van der Waals surface area contributed by atoms with Gasteiger partial charge in [0.2, 0.25) is 0 Å². The van der Waals surface area contributed by atoms with Crippen LogP contribution in [0.5, 0.6) is 0 Å². The van der Waals surface area contributed by atoms with Crippen LogP contribution in [0.4, 0.5) is 8.78 Å². The Morgan fingerprint density at radius 3 is 2.44 bits per heavy atom. The van der Waals surface area contributed by atoms with Crippen molar-refractivity contribution < 1.29 is 8.78 Å². The van der Waals surface area contributed by atoms with Crippen molar-refractivity contribution in [2.24, 2.45) is 5.92 Å². The van der Waals surface area contributed by atoms with E-state index >= 15 is 0 Å². The molecule has 98 valence electrons. The second-order valence-electron chi connectivity index (χ2n) is 5.55. The predicted octanol–water partition coefficient (Wildman–Crippen LogP) is 3.66. The Balaban J connectivity index is 1.84. The second kappa shape index (κ2) is 4.61. The minimum atomic E-state index is -2.62. The molecule has 1 aromatic rings. The fourth-order valence-electron chi connectivity index (χ4n) is 2.84. The highest BCUT2D eigenvalue weighted by molar-refractivity contribution is 5.30. The Kier molecular flexibility index (Phi) is 3.10. The smallest absolute Gasteiger partial charge is 0.276 e. The molecule has 0 bridgehead atoms. The van der Waals surface area contributed by atoms with Crippen LogP contribution >= 0.6 is 0 Å². The lowest BCUT2D eigenvalue weighted by molar-refractivity contribution is -0.0286. The highest BCUT2D eigenvalue weighted by atomic mass is 19.3. The lowest BCUT2D eigenvalue weighted by atomic mass is 9.88. The number of nitrogens with one attached hydrogen (secondary N) is 1. The van der Waals surface area contributed by atoms with Crippen LogP contribution in [0.15, 0.2) is 24.3 Å². The number of hydrogen-bond acceptors (Lipinski definition) is 1. The van der Waals surface area contributed by atoms with Crippen LogP contribution in [0.1, 0.15) is 42.7 Å². The zero-order chi connectivity index (χ0) is 12.6. The summed E-state index contributed by atoms with van der Waals surface area (Å²) in [5.74, 6) is -2.59. The van der Waals surface area contributed by atoms with Crippen molar-refractivity contribution in [2.75, 3.05) is 13.1 Å². The molecule has 3 rings (SSSR count). The van der Waals surface area contributed by atoms with Crippen molar-refractivity contribution in [1.29, 1.82) is 0 Å². The van der Waals surface area contributed by atoms with Gasteiger partial charge in [0.1, 0.15) is 0 Å². The molecule has 0 radical (unpaired) electrons. The largest absolute Gasteiger partial charge is 0.317 e. The normalized spacial score (nSPS) is 22.1. The SMILES string of the molecule is FC(F)(c1cccc(C2CCNCC2)c1)C1CC1. The van der Waals surface area contributed by atoms with Crippen LogP contribution in [0.25, 0.3) is 0 Å². The zero-order valence-corrected chi connectivity index (χ0v) is 10.5. The van der Waals surface area contributed by atoms with Gasteiger partial charge < -0.3 is 5.32 Å². The zero-order valence-electron chi connectivity index (χ0n) is 10.5. The monoisotopic (exact) mass is 251 g/mol. The highest BCUT2D eigenvalue weighted by Gasteiger charge is 2.47. The van der Waals surface area contributed by atoms with Gasteiger partial charge in [-0.15, -0.1) is 0 Å². The summed E-state index contributed by atoms with van der Waals surface area (Å²) in [5, 5.41) is 3.31. The molecule has 0 aromatic heterocycles. The van der Waals surface area contributed by atoms with E-state index in [1.54, 1.807) is 18.2 Å². The Bertz CT molecular complexity index is 420. The van der Waals surface area contributed by atoms with E-state index in [4.69, 9.17) is 0 Å². The molecule has 1 aromatic carbocycles. The number of alkyl halides is 2. The second-order valence-corrected chi connectivity index (χ2v) is 5.55. The summed E-state index contributed by atoms with van der Waals surface area (Å²) in [7, 11) is 0. The summed E-state index contributed by atoms with van der Waals surface area (Å²) in [6, 6.07) is 7.13. The van der Waals surface area contributed by atoms with Gasteiger partial charge in [-0.3, -0.25) is 0 Å². The van der Waals surface area contributed by atoms with Crippen LogP contribution in [0.2, 0.25) is 0 Å². The molecule has 0 amide bonds. The van der Waals surface area contributed by atoms with Crippen molar-refractivity contribution in [3.05, 3.63) is 35.4 Å². The standard InChI is InChI=1S/C15H19F2N/c16-15(17,13-4-5-13)14-3-1-2-12(10-14)11-6-8-18-9-7-11/h1-3,10-11,13,18H,4-9H2. The van der Waals surface area contributed by atoms with Gasteiger partial charge in [0.05, 0.1) is 0 Å². The molecule has 1 saturated carbocycles. The molecule has 0 spiro atoms. The first-order valence-corrected chi connectivity index (χ1v) is 6.87. The van der Waals surface area contributed by atoms with Gasteiger partial charge in [0, 0.05) is 11.5 Å². The number of piperidine rings is 1. The lowest BCUT2D eigenvalue weighted by Crippen LogP contribution is -2.27. The highest BCUT2D eigenvalue weighted by Crippen LogP contribution is 2.50. The van der Waals surface area contributed by atoms with Gasteiger partial charge in [-0.1, -0.05) is 18.2 Å². The molecule has 0 atom stereocenters. The molecular weight excluding hydrogens is 232 g/mol. The first-order valence-electron chi connectivity index (χ1n) is 6.87. The van der Waals surface area contributed by atoms with Crippen molar-refractivity contribution in [1.82, 2.24) is 5.32 Å². The van der Waals surface area contributed by atoms with Gasteiger partial charge >= 0.3 is 0 Å². The van der Waals surface area contributed by atoms with E-state index in [1.165, 1.54) is 0 Å². The van der Waals surface area contributed by atoms with Crippen LogP contribution in [0.3, 0.4) is 0 Å². The predicted molar refractivity (Wildman–Crippen MR) is 67.9 cm³/mol. The van der Waals surface area contributed by atoms with Gasteiger partial charge in [-0.05, 0) is 56.3 Å². The van der Waals surface area contributed by atoms with Crippen LogP contribution in [-0.2, 0) is 5.92 Å². The first kappa shape index (κ1) is 12.1. The topological polar surface area (TPSA) is 12.0 Å². The summed E-state index contributed by atoms with van der Waals surface area (Å²) < 4.78 is 28.2. The fourth-order valence-corrected chi connectivity index (χ4v) is 2.84. The molecule has 1 saturated heterocycles. The molecule has 1 N–H and O–H groups in total. The minimum absolute atomic E-state index is 0.223. The number of rotatable bonds is 3. The third-order valence-electron chi connectivity index (χ3n) is 4.17. The van der Waals surface area contributed by atoms with Crippen LogP contribution in [0, 0.1) is 5.92 Å². The number of hydrogen-bond donors (Lipinski definition) is 1. The molecule has 2 fully saturated rings. The van der Waals surface area contributed by atoms with Gasteiger partial charge in [-0.2, -0.15) is 0 Å². The van der Waals surface area contributed by atoms with Gasteiger partial charge in [0.25, 0.3) is 5.92 Å². The van der Waals surface area contributed by atoms with E-state index in [2.05, 4.69) is 5.32 Å². The summed E-state index contributed by atoms with van der Waals surface area (Å²) in [5.41, 5.74) is 1.32. The molecule has 1 aliphatic carbocycles. The van der Waals surface area contributed by atoms with Gasteiger partial charge in [0.15, 0.2) is 0 Å². The molecule has 3 heteroatoms. The summed E-state index contributed by atoms with van der Waals surface area (Å²) >= 11 is 0. The van der Waals surface area contributed by atoms with E-state index < -0.39 is 11.8 Å². The summed E-state index contributed by atoms with van der Waals surface area (Å²) in [6.07, 6.45) is 3.45. The first-order chi connectivity index (χ1) is 8.68. The fraction of sp³-hybridized carbons (Fsp3) is 0.600. The van der Waals surface area contributed by atoms with E-state index in [1.807, 2.05) is 6.07 Å². The molecule has 1 aliphatic heterocycles.